The van der Waals surface area contributed by atoms with Crippen molar-refractivity contribution in [2.45, 2.75) is 33.7 Å². The summed E-state index contributed by atoms with van der Waals surface area (Å²) in [4.78, 5) is 26.0. The van der Waals surface area contributed by atoms with E-state index in [0.717, 1.165) is 22.4 Å². The van der Waals surface area contributed by atoms with Gasteiger partial charge in [0.1, 0.15) is 0 Å². The molecule has 1 N–H and O–H groups in total. The van der Waals surface area contributed by atoms with Crippen LogP contribution in [0.1, 0.15) is 30.0 Å². The van der Waals surface area contributed by atoms with E-state index in [2.05, 4.69) is 5.32 Å². The van der Waals surface area contributed by atoms with Crippen LogP contribution in [-0.2, 0) is 16.1 Å². The number of carbonyl (C=O) groups is 2. The fraction of sp³-hybridized carbons (Fsp3) is 0.333. The molecule has 1 aliphatic heterocycles. The lowest BCUT2D eigenvalue weighted by molar-refractivity contribution is -0.129. The van der Waals surface area contributed by atoms with Gasteiger partial charge in [-0.2, -0.15) is 0 Å². The van der Waals surface area contributed by atoms with Gasteiger partial charge in [-0.05, 0) is 48.7 Å². The number of hydrogen-bond donors (Lipinski definition) is 1. The third-order valence-corrected chi connectivity index (χ3v) is 4.74. The average molecular weight is 368 g/mol. The van der Waals surface area contributed by atoms with Gasteiger partial charge in [-0.1, -0.05) is 18.2 Å². The first-order chi connectivity index (χ1) is 12.9. The SMILES string of the molecule is CC(=O)N(CCC(=O)Nc1cccc(C)c1C)Cc1ccc2c(c1)OCO2. The average Bonchev–Trinajstić information content (AvgIpc) is 3.10. The molecule has 1 heterocycles. The Morgan fingerprint density at radius 3 is 2.67 bits per heavy atom. The fourth-order valence-corrected chi connectivity index (χ4v) is 2.94. The summed E-state index contributed by atoms with van der Waals surface area (Å²) in [6, 6.07) is 11.4. The lowest BCUT2D eigenvalue weighted by Gasteiger charge is -2.21. The first-order valence-electron chi connectivity index (χ1n) is 8.94. The number of carbonyl (C=O) groups excluding carboxylic acids is 2. The Morgan fingerprint density at radius 2 is 1.89 bits per heavy atom. The van der Waals surface area contributed by atoms with E-state index in [4.69, 9.17) is 9.47 Å². The molecule has 0 bridgehead atoms. The minimum absolute atomic E-state index is 0.0767. The van der Waals surface area contributed by atoms with E-state index in [1.807, 2.05) is 50.2 Å². The van der Waals surface area contributed by atoms with Crippen molar-refractivity contribution in [2.24, 2.45) is 0 Å². The number of anilines is 1. The van der Waals surface area contributed by atoms with Crippen LogP contribution in [0.5, 0.6) is 11.5 Å². The highest BCUT2D eigenvalue weighted by Crippen LogP contribution is 2.32. The van der Waals surface area contributed by atoms with Crippen molar-refractivity contribution in [3.63, 3.8) is 0 Å². The number of hydrogen-bond acceptors (Lipinski definition) is 4. The van der Waals surface area contributed by atoms with Gasteiger partial charge in [0.2, 0.25) is 18.6 Å². The Kier molecular flexibility index (Phi) is 5.64. The summed E-state index contributed by atoms with van der Waals surface area (Å²) >= 11 is 0. The molecule has 3 rings (SSSR count). The molecule has 0 saturated carbocycles. The highest BCUT2D eigenvalue weighted by Gasteiger charge is 2.17. The number of benzene rings is 2. The molecule has 6 heteroatoms. The lowest BCUT2D eigenvalue weighted by Crippen LogP contribution is -2.31. The highest BCUT2D eigenvalue weighted by molar-refractivity contribution is 5.92. The summed E-state index contributed by atoms with van der Waals surface area (Å²) < 4.78 is 10.7. The largest absolute Gasteiger partial charge is 0.454 e. The molecular weight excluding hydrogens is 344 g/mol. The quantitative estimate of drug-likeness (QED) is 0.848. The van der Waals surface area contributed by atoms with Crippen molar-refractivity contribution >= 4 is 17.5 Å². The Bertz CT molecular complexity index is 863. The second kappa shape index (κ2) is 8.12. The normalized spacial score (nSPS) is 12.0. The molecule has 2 amide bonds. The summed E-state index contributed by atoms with van der Waals surface area (Å²) in [5.74, 6) is 1.21. The molecule has 2 aromatic carbocycles. The van der Waals surface area contributed by atoms with Gasteiger partial charge in [0, 0.05) is 32.1 Å². The van der Waals surface area contributed by atoms with Crippen molar-refractivity contribution in [1.82, 2.24) is 4.90 Å². The van der Waals surface area contributed by atoms with Crippen LogP contribution >= 0.6 is 0 Å². The fourth-order valence-electron chi connectivity index (χ4n) is 2.94. The van der Waals surface area contributed by atoms with E-state index in [9.17, 15) is 9.59 Å². The predicted molar refractivity (Wildman–Crippen MR) is 103 cm³/mol. The maximum absolute atomic E-state index is 12.3. The summed E-state index contributed by atoms with van der Waals surface area (Å²) in [6.45, 7) is 6.48. The van der Waals surface area contributed by atoms with E-state index in [1.165, 1.54) is 6.92 Å². The Balaban J connectivity index is 1.59. The van der Waals surface area contributed by atoms with Crippen LogP contribution in [0.4, 0.5) is 5.69 Å². The zero-order valence-corrected chi connectivity index (χ0v) is 15.9. The number of aryl methyl sites for hydroxylation is 1. The van der Waals surface area contributed by atoms with Crippen LogP contribution in [0.15, 0.2) is 36.4 Å². The molecule has 2 aromatic rings. The zero-order valence-electron chi connectivity index (χ0n) is 15.9. The summed E-state index contributed by atoms with van der Waals surface area (Å²) in [7, 11) is 0. The van der Waals surface area contributed by atoms with Crippen molar-refractivity contribution < 1.29 is 19.1 Å². The van der Waals surface area contributed by atoms with Crippen molar-refractivity contribution in [1.29, 1.82) is 0 Å². The molecule has 27 heavy (non-hydrogen) atoms. The van der Waals surface area contributed by atoms with E-state index in [-0.39, 0.29) is 25.0 Å². The van der Waals surface area contributed by atoms with Gasteiger partial charge in [-0.25, -0.2) is 0 Å². The molecule has 0 aromatic heterocycles. The number of nitrogens with one attached hydrogen (secondary N) is 1. The van der Waals surface area contributed by atoms with Crippen LogP contribution in [0.2, 0.25) is 0 Å². The van der Waals surface area contributed by atoms with Crippen LogP contribution in [0, 0.1) is 13.8 Å². The van der Waals surface area contributed by atoms with Crippen LogP contribution < -0.4 is 14.8 Å². The molecule has 0 atom stereocenters. The first-order valence-corrected chi connectivity index (χ1v) is 8.94. The minimum Gasteiger partial charge on any atom is -0.454 e. The zero-order chi connectivity index (χ0) is 19.4. The number of rotatable bonds is 6. The molecule has 6 nitrogen and oxygen atoms in total. The first kappa shape index (κ1) is 18.8. The second-order valence-corrected chi connectivity index (χ2v) is 6.67. The van der Waals surface area contributed by atoms with Crippen molar-refractivity contribution in [3.8, 4) is 11.5 Å². The third-order valence-electron chi connectivity index (χ3n) is 4.74. The van der Waals surface area contributed by atoms with Crippen molar-refractivity contribution in [2.75, 3.05) is 18.7 Å². The lowest BCUT2D eigenvalue weighted by atomic mass is 10.1. The monoisotopic (exact) mass is 368 g/mol. The second-order valence-electron chi connectivity index (χ2n) is 6.67. The smallest absolute Gasteiger partial charge is 0.231 e. The maximum atomic E-state index is 12.3. The van der Waals surface area contributed by atoms with Gasteiger partial charge >= 0.3 is 0 Å². The molecule has 0 fully saturated rings. The predicted octanol–water partition coefficient (Wildman–Crippen LogP) is 3.41. The van der Waals surface area contributed by atoms with Crippen molar-refractivity contribution in [3.05, 3.63) is 53.1 Å². The molecule has 0 aliphatic carbocycles. The number of amides is 2. The Hall–Kier alpha value is -3.02. The van der Waals surface area contributed by atoms with Crippen LogP contribution in [0.3, 0.4) is 0 Å². The van der Waals surface area contributed by atoms with Gasteiger partial charge in [0.05, 0.1) is 0 Å². The summed E-state index contributed by atoms with van der Waals surface area (Å²) in [5, 5.41) is 2.93. The maximum Gasteiger partial charge on any atom is 0.231 e. The standard InChI is InChI=1S/C21H24N2O4/c1-14-5-4-6-18(15(14)2)22-21(25)9-10-23(16(3)24)12-17-7-8-19-20(11-17)27-13-26-19/h4-8,11H,9-10,12-13H2,1-3H3,(H,22,25). The van der Waals surface area contributed by atoms with Gasteiger partial charge in [-0.15, -0.1) is 0 Å². The topological polar surface area (TPSA) is 67.9 Å². The van der Waals surface area contributed by atoms with E-state index >= 15 is 0 Å². The highest BCUT2D eigenvalue weighted by atomic mass is 16.7. The molecule has 0 saturated heterocycles. The van der Waals surface area contributed by atoms with E-state index in [0.29, 0.717) is 24.6 Å². The molecule has 142 valence electrons. The molecule has 0 spiro atoms. The summed E-state index contributed by atoms with van der Waals surface area (Å²) in [5.41, 5.74) is 3.92. The Labute approximate surface area is 159 Å². The third kappa shape index (κ3) is 4.58. The minimum atomic E-state index is -0.111. The summed E-state index contributed by atoms with van der Waals surface area (Å²) in [6.07, 6.45) is 0.234. The van der Waals surface area contributed by atoms with Gasteiger partial charge in [-0.3, -0.25) is 9.59 Å². The number of fused-ring (bicyclic) bond motifs is 1. The number of ether oxygens (including phenoxy) is 2. The van der Waals surface area contributed by atoms with E-state index < -0.39 is 0 Å². The molecule has 1 aliphatic rings. The molecular formula is C21H24N2O4. The molecule has 0 unspecified atom stereocenters. The van der Waals surface area contributed by atoms with Gasteiger partial charge < -0.3 is 19.7 Å². The van der Waals surface area contributed by atoms with Gasteiger partial charge in [0.15, 0.2) is 11.5 Å². The van der Waals surface area contributed by atoms with Gasteiger partial charge in [0.25, 0.3) is 0 Å². The molecule has 0 radical (unpaired) electrons. The number of nitrogens with zero attached hydrogens (tertiary/aromatic N) is 1. The van der Waals surface area contributed by atoms with Crippen LogP contribution in [0.25, 0.3) is 0 Å². The van der Waals surface area contributed by atoms with E-state index in [1.54, 1.807) is 4.90 Å². The van der Waals surface area contributed by atoms with Crippen LogP contribution in [-0.4, -0.2) is 30.1 Å². The Morgan fingerprint density at radius 1 is 1.11 bits per heavy atom.